The average molecular weight is 1410 g/mol. The number of aromatic hydroxyl groups is 8. The van der Waals surface area contributed by atoms with Crippen LogP contribution in [-0.2, 0) is 97.0 Å². The van der Waals surface area contributed by atoms with Gasteiger partial charge in [0.2, 0.25) is 11.8 Å². The first kappa shape index (κ1) is 84.2. The maximum atomic E-state index is 13.5. The molecule has 4 aromatic rings. The van der Waals surface area contributed by atoms with Crippen LogP contribution >= 0.6 is 0 Å². The van der Waals surface area contributed by atoms with Crippen molar-refractivity contribution in [2.75, 3.05) is 112 Å². The molecule has 0 spiro atoms. The van der Waals surface area contributed by atoms with Crippen LogP contribution in [-0.4, -0.2) is 224 Å². The number of carbonyl (C=O) groups is 6. The number of alkyl carbamates (subject to hydrolysis) is 2. The summed E-state index contributed by atoms with van der Waals surface area (Å²) in [5.74, 6) is -4.32. The number of benzene rings is 4. The lowest BCUT2D eigenvalue weighted by molar-refractivity contribution is -0.128. The van der Waals surface area contributed by atoms with Crippen molar-refractivity contribution in [2.24, 2.45) is 11.8 Å². The lowest BCUT2D eigenvalue weighted by Crippen LogP contribution is -2.49. The van der Waals surface area contributed by atoms with Gasteiger partial charge in [-0.15, -0.1) is 0 Å². The van der Waals surface area contributed by atoms with Crippen molar-refractivity contribution in [3.8, 4) is 46.0 Å². The molecule has 6 atom stereocenters. The van der Waals surface area contributed by atoms with Crippen LogP contribution in [0.25, 0.3) is 0 Å². The minimum Gasteiger partial charge on any atom is -0.504 e. The van der Waals surface area contributed by atoms with Gasteiger partial charge in [-0.3, -0.25) is 19.2 Å². The van der Waals surface area contributed by atoms with Gasteiger partial charge in [0.25, 0.3) is 0 Å². The van der Waals surface area contributed by atoms with Crippen molar-refractivity contribution >= 4 is 35.6 Å². The Morgan fingerprint density at radius 2 is 0.750 bits per heavy atom. The number of carbonyl (C=O) groups excluding carboxylic acids is 6. The number of phenolic OH excluding ortho intramolecular Hbond substituents is 8. The SMILES string of the molecule is CC(Cc1ccc(O)c(O)c1)C(=O)CCCOCCOCC(COCC(COCOCCCC(=O)C(Cc1ccc(O)c(O)c1)NC(=O)OC(C)(C)C)OCCOCCNC(=O)C(Cc1ccc(O)c(O)c1)NC(=O)OC(C)(C)C)OCCOCCNC(=O)C(C)Cc1ccc(O)c(O)c1. The number of Topliss-reactive ketones (excluding diaryl/α,β-unsaturated/α-hetero) is 2. The second-order valence-corrected chi connectivity index (χ2v) is 25.9. The maximum absolute atomic E-state index is 13.5. The fourth-order valence-corrected chi connectivity index (χ4v) is 9.53. The van der Waals surface area contributed by atoms with E-state index in [2.05, 4.69) is 21.3 Å². The molecule has 0 aliphatic rings. The second kappa shape index (κ2) is 44.8. The summed E-state index contributed by atoms with van der Waals surface area (Å²) in [6, 6.07) is 14.9. The minimum atomic E-state index is -1.13. The molecule has 4 rings (SSSR count). The van der Waals surface area contributed by atoms with Gasteiger partial charge in [-0.25, -0.2) is 9.59 Å². The Morgan fingerprint density at radius 3 is 1.22 bits per heavy atom. The van der Waals surface area contributed by atoms with Gasteiger partial charge in [-0.2, -0.15) is 0 Å². The van der Waals surface area contributed by atoms with E-state index in [0.717, 1.165) is 5.56 Å². The molecule has 6 unspecified atom stereocenters. The van der Waals surface area contributed by atoms with Crippen molar-refractivity contribution in [1.82, 2.24) is 21.3 Å². The van der Waals surface area contributed by atoms with Crippen LogP contribution in [0, 0.1) is 11.8 Å². The van der Waals surface area contributed by atoms with E-state index in [1.807, 2.05) is 6.92 Å². The summed E-state index contributed by atoms with van der Waals surface area (Å²) >= 11 is 0. The van der Waals surface area contributed by atoms with E-state index in [9.17, 15) is 69.6 Å². The fourth-order valence-electron chi connectivity index (χ4n) is 9.53. The van der Waals surface area contributed by atoms with Crippen molar-refractivity contribution in [2.45, 2.75) is 142 Å². The second-order valence-electron chi connectivity index (χ2n) is 25.9. The van der Waals surface area contributed by atoms with Crippen molar-refractivity contribution < 1.29 is 122 Å². The Kier molecular flexibility index (Phi) is 37.7. The maximum Gasteiger partial charge on any atom is 0.408 e. The average Bonchev–Trinajstić information content (AvgIpc) is 0.916. The molecule has 558 valence electrons. The van der Waals surface area contributed by atoms with E-state index in [1.165, 1.54) is 60.7 Å². The predicted molar refractivity (Wildman–Crippen MR) is 363 cm³/mol. The van der Waals surface area contributed by atoms with E-state index < -0.39 is 65.3 Å². The van der Waals surface area contributed by atoms with Gasteiger partial charge in [-0.1, -0.05) is 38.1 Å². The predicted octanol–water partition coefficient (Wildman–Crippen LogP) is 6.44. The molecule has 29 heteroatoms. The third kappa shape index (κ3) is 35.7. The van der Waals surface area contributed by atoms with E-state index in [1.54, 1.807) is 60.6 Å². The Morgan fingerprint density at radius 1 is 0.380 bits per heavy atom. The lowest BCUT2D eigenvalue weighted by atomic mass is 9.94. The minimum absolute atomic E-state index is 0.00448. The monoisotopic (exact) mass is 1410 g/mol. The number of ether oxygens (including phenoxy) is 11. The molecule has 0 heterocycles. The molecule has 100 heavy (non-hydrogen) atoms. The van der Waals surface area contributed by atoms with Gasteiger partial charge in [0, 0.05) is 63.8 Å². The Balaban J connectivity index is 1.34. The van der Waals surface area contributed by atoms with Gasteiger partial charge in [-0.05, 0) is 138 Å². The van der Waals surface area contributed by atoms with Crippen LogP contribution in [0.4, 0.5) is 9.59 Å². The highest BCUT2D eigenvalue weighted by Crippen LogP contribution is 2.30. The zero-order chi connectivity index (χ0) is 73.6. The number of nitrogens with one attached hydrogen (secondary N) is 4. The Bertz CT molecular complexity index is 3020. The number of rotatable bonds is 49. The molecule has 29 nitrogen and oxygen atoms in total. The molecule has 0 bridgehead atoms. The fraction of sp³-hybridized carbons (Fsp3) is 0.577. The molecule has 0 aromatic heterocycles. The molecular weight excluding hydrogens is 1310 g/mol. The summed E-state index contributed by atoms with van der Waals surface area (Å²) in [6.45, 7) is 15.0. The van der Waals surface area contributed by atoms with Gasteiger partial charge >= 0.3 is 12.2 Å². The van der Waals surface area contributed by atoms with Crippen LogP contribution in [0.15, 0.2) is 72.8 Å². The number of hydrogen-bond acceptors (Lipinski definition) is 25. The molecule has 12 N–H and O–H groups in total. The molecule has 0 aliphatic carbocycles. The van der Waals surface area contributed by atoms with E-state index >= 15 is 0 Å². The molecule has 4 aromatic carbocycles. The van der Waals surface area contributed by atoms with Gasteiger partial charge in [0.05, 0.1) is 85.3 Å². The highest BCUT2D eigenvalue weighted by Gasteiger charge is 2.28. The number of ketones is 2. The first-order valence-corrected chi connectivity index (χ1v) is 33.4. The summed E-state index contributed by atoms with van der Waals surface area (Å²) in [4.78, 5) is 78.1. The largest absolute Gasteiger partial charge is 0.504 e. The molecular formula is C71H104N4O25. The van der Waals surface area contributed by atoms with Crippen LogP contribution in [0.1, 0.15) is 103 Å². The van der Waals surface area contributed by atoms with E-state index in [4.69, 9.17) is 52.1 Å². The molecule has 0 saturated carbocycles. The zero-order valence-electron chi connectivity index (χ0n) is 58.6. The highest BCUT2D eigenvalue weighted by atomic mass is 16.7. The van der Waals surface area contributed by atoms with Crippen molar-refractivity contribution in [3.05, 3.63) is 95.1 Å². The number of hydrogen-bond donors (Lipinski definition) is 12. The first-order chi connectivity index (χ1) is 47.4. The summed E-state index contributed by atoms with van der Waals surface area (Å²) in [6.07, 6.45) is -1.31. The van der Waals surface area contributed by atoms with Crippen LogP contribution in [0.2, 0.25) is 0 Å². The van der Waals surface area contributed by atoms with Gasteiger partial charge in [0.1, 0.15) is 42.0 Å². The standard InChI is InChI=1S/C71H104N4O25/c1-46(33-48-13-17-58(78)62(82)37-48)56(76)11-9-23-90-27-28-93-41-52(97-31-29-91-25-21-72-66(86)47(2)34-49-14-18-59(79)63(83)38-49)42-95-43-53(44-96-45-94-24-10-12-57(77)54(74-68(88)99-70(3,4)5)35-50-15-19-60(80)64(84)39-50)98-32-30-92-26-22-73-67(87)55(75-69(89)100-71(6,7)8)36-51-16-20-61(81)65(85)40-51/h13-20,37-40,46-47,52-55,78-85H,9-12,21-36,41-45H2,1-8H3,(H,72,86)(H,73,87)(H,74,88)(H,75,89). The Hall–Kier alpha value is -8.26. The molecule has 0 saturated heterocycles. The quantitative estimate of drug-likeness (QED) is 0.0129. The van der Waals surface area contributed by atoms with Crippen molar-refractivity contribution in [3.63, 3.8) is 0 Å². The van der Waals surface area contributed by atoms with Crippen LogP contribution < -0.4 is 21.3 Å². The molecule has 4 amide bonds. The van der Waals surface area contributed by atoms with Gasteiger partial charge < -0.3 is 114 Å². The molecule has 0 radical (unpaired) electrons. The first-order valence-electron chi connectivity index (χ1n) is 33.4. The summed E-state index contributed by atoms with van der Waals surface area (Å²) in [5.41, 5.74) is 0.637. The third-order valence-corrected chi connectivity index (χ3v) is 14.6. The smallest absolute Gasteiger partial charge is 0.408 e. The third-order valence-electron chi connectivity index (χ3n) is 14.6. The van der Waals surface area contributed by atoms with Crippen molar-refractivity contribution in [1.29, 1.82) is 0 Å². The van der Waals surface area contributed by atoms with Crippen LogP contribution in [0.3, 0.4) is 0 Å². The summed E-state index contributed by atoms with van der Waals surface area (Å²) < 4.78 is 64.1. The molecule has 0 fully saturated rings. The number of amides is 4. The van der Waals surface area contributed by atoms with E-state index in [0.29, 0.717) is 42.6 Å². The zero-order valence-corrected chi connectivity index (χ0v) is 58.6. The topological polar surface area (TPSA) is 414 Å². The summed E-state index contributed by atoms with van der Waals surface area (Å²) in [7, 11) is 0. The highest BCUT2D eigenvalue weighted by molar-refractivity contribution is 5.88. The molecule has 0 aliphatic heterocycles. The lowest BCUT2D eigenvalue weighted by Gasteiger charge is -2.23. The van der Waals surface area contributed by atoms with Gasteiger partial charge in [0.15, 0.2) is 51.8 Å². The Labute approximate surface area is 584 Å². The normalized spacial score (nSPS) is 13.5. The van der Waals surface area contributed by atoms with E-state index in [-0.39, 0.29) is 202 Å². The number of phenols is 8. The van der Waals surface area contributed by atoms with Crippen LogP contribution in [0.5, 0.6) is 46.0 Å². The summed E-state index contributed by atoms with van der Waals surface area (Å²) in [5, 5.41) is 89.5.